The zero-order valence-corrected chi connectivity index (χ0v) is 25.3. The summed E-state index contributed by atoms with van der Waals surface area (Å²) in [7, 11) is 0. The average molecular weight is 609 g/mol. The molecule has 5 nitrogen and oxygen atoms in total. The maximum atomic E-state index is 12.8. The van der Waals surface area contributed by atoms with Crippen molar-refractivity contribution < 1.29 is 24.5 Å². The van der Waals surface area contributed by atoms with Crippen LogP contribution < -0.4 is 15.3 Å². The minimum atomic E-state index is -1.96. The second-order valence-corrected chi connectivity index (χ2v) is 30.1. The summed E-state index contributed by atoms with van der Waals surface area (Å²) in [5.74, 6) is 0.0561. The fourth-order valence-corrected chi connectivity index (χ4v) is 45.9. The highest BCUT2D eigenvalue weighted by Crippen LogP contribution is 3.04. The molecule has 1 unspecified atom stereocenters. The Bertz CT molecular complexity index is 1410. The van der Waals surface area contributed by atoms with Gasteiger partial charge in [-0.1, -0.05) is 72.0 Å². The van der Waals surface area contributed by atoms with Crippen LogP contribution in [0.2, 0.25) is 0 Å². The van der Waals surface area contributed by atoms with Crippen molar-refractivity contribution in [2.45, 2.75) is 33.1 Å². The van der Waals surface area contributed by atoms with Gasteiger partial charge in [0.15, 0.2) is 0 Å². The molecule has 3 aromatic rings. The van der Waals surface area contributed by atoms with Gasteiger partial charge in [0.05, 0.1) is 8.88 Å². The number of ketones is 1. The van der Waals surface area contributed by atoms with E-state index in [0.29, 0.717) is 23.7 Å². The molecule has 4 rings (SSSR count). The first-order chi connectivity index (χ1) is 17.5. The highest BCUT2D eigenvalue weighted by molar-refractivity contribution is 9.48. The number of Topliss-reactive ketones (excluding diaryl/α,β-unsaturated/α-hetero) is 1. The van der Waals surface area contributed by atoms with Crippen LogP contribution in [-0.4, -0.2) is 22.0 Å². The van der Waals surface area contributed by atoms with Gasteiger partial charge in [-0.3, -0.25) is 4.79 Å². The first kappa shape index (κ1) is 28.4. The van der Waals surface area contributed by atoms with Crippen LogP contribution in [0.4, 0.5) is 0 Å². The number of carbonyl (C=O) groups excluding carboxylic acids is 2. The quantitative estimate of drug-likeness (QED) is 0.153. The number of esters is 1. The van der Waals surface area contributed by atoms with Crippen molar-refractivity contribution in [3.8, 4) is 17.2 Å². The first-order valence-electron chi connectivity index (χ1n) is 11.6. The molecular weight excluding hydrogens is 582 g/mol. The van der Waals surface area contributed by atoms with E-state index in [1.807, 2.05) is 38.1 Å². The first-order valence-corrected chi connectivity index (χ1v) is 21.3. The largest absolute Gasteiger partial charge is 0.508 e. The maximum absolute atomic E-state index is 12.8. The molecule has 1 atom stereocenters. The Kier molecular flexibility index (Phi) is 8.94. The summed E-state index contributed by atoms with van der Waals surface area (Å²) >= 11 is 15.2. The topological polar surface area (TPSA) is 83.8 Å². The number of benzene rings is 3. The maximum Gasteiger partial charge on any atom is 0.347 e. The van der Waals surface area contributed by atoms with Crippen LogP contribution in [-0.2, 0) is 34.8 Å². The molecule has 0 spiro atoms. The lowest BCUT2D eigenvalue weighted by Gasteiger charge is -2.40. The van der Waals surface area contributed by atoms with Crippen molar-refractivity contribution >= 4 is 76.9 Å². The summed E-state index contributed by atoms with van der Waals surface area (Å²) in [4.78, 5) is 25.1. The summed E-state index contributed by atoms with van der Waals surface area (Å²) in [5, 5.41) is 21.8. The van der Waals surface area contributed by atoms with Gasteiger partial charge in [-0.05, 0) is 72.1 Å². The number of aromatic hydroxyl groups is 2. The molecule has 0 amide bonds. The Morgan fingerprint density at radius 2 is 1.49 bits per heavy atom. The standard InChI is InChI=1S/C26H26O5P2S4/c1-3-17(2)14-20(28)15-18-4-13-25(29)24(16-18)26(30)31-21-7-11-23(12-8-21)33(35)36-32(34,37-33)22-9-5-19(27)6-10-22/h4-13,16-17,27,29H,3,14-15H2,1-2H3. The van der Waals surface area contributed by atoms with Crippen molar-refractivity contribution in [2.75, 3.05) is 0 Å². The highest BCUT2D eigenvalue weighted by Gasteiger charge is 2.45. The van der Waals surface area contributed by atoms with Gasteiger partial charge in [0, 0.05) is 23.5 Å². The second-order valence-electron chi connectivity index (χ2n) is 8.84. The Morgan fingerprint density at radius 3 is 2.05 bits per heavy atom. The van der Waals surface area contributed by atoms with Crippen LogP contribution in [0.5, 0.6) is 17.2 Å². The molecule has 1 aliphatic rings. The van der Waals surface area contributed by atoms with Gasteiger partial charge in [-0.25, -0.2) is 4.79 Å². The third-order valence-electron chi connectivity index (χ3n) is 5.91. The zero-order chi connectivity index (χ0) is 26.8. The van der Waals surface area contributed by atoms with E-state index in [4.69, 9.17) is 28.4 Å². The zero-order valence-electron chi connectivity index (χ0n) is 20.2. The molecule has 194 valence electrons. The number of carbonyl (C=O) groups is 2. The number of ether oxygens (including phenoxy) is 1. The van der Waals surface area contributed by atoms with E-state index in [1.165, 1.54) is 12.1 Å². The van der Waals surface area contributed by atoms with E-state index in [1.54, 1.807) is 52.3 Å². The normalized spacial score (nSPS) is 21.6. The lowest BCUT2D eigenvalue weighted by molar-refractivity contribution is -0.119. The van der Waals surface area contributed by atoms with E-state index in [2.05, 4.69) is 0 Å². The summed E-state index contributed by atoms with van der Waals surface area (Å²) in [6, 6.07) is 18.7. The van der Waals surface area contributed by atoms with Gasteiger partial charge < -0.3 is 14.9 Å². The fraction of sp³-hybridized carbons (Fsp3) is 0.231. The summed E-state index contributed by atoms with van der Waals surface area (Å²) < 4.78 is 1.65. The third kappa shape index (κ3) is 6.70. The van der Waals surface area contributed by atoms with E-state index in [0.717, 1.165) is 17.0 Å². The van der Waals surface area contributed by atoms with Crippen LogP contribution in [0, 0.1) is 5.92 Å². The van der Waals surface area contributed by atoms with Crippen molar-refractivity contribution in [1.82, 2.24) is 0 Å². The Labute approximate surface area is 234 Å². The molecule has 1 fully saturated rings. The van der Waals surface area contributed by atoms with Crippen LogP contribution >= 0.6 is 30.9 Å². The average Bonchev–Trinajstić information content (AvgIpc) is 2.84. The number of hydrogen-bond donors (Lipinski definition) is 2. The molecule has 0 saturated carbocycles. The van der Waals surface area contributed by atoms with Crippen LogP contribution in [0.3, 0.4) is 0 Å². The van der Waals surface area contributed by atoms with Crippen LogP contribution in [0.15, 0.2) is 66.7 Å². The van der Waals surface area contributed by atoms with E-state index >= 15 is 0 Å². The van der Waals surface area contributed by atoms with Gasteiger partial charge in [0.2, 0.25) is 0 Å². The Morgan fingerprint density at radius 1 is 0.919 bits per heavy atom. The number of phenolic OH excluding ortho intramolecular Hbond substituents is 2. The third-order valence-corrected chi connectivity index (χ3v) is 37.1. The molecule has 2 N–H and O–H groups in total. The Balaban J connectivity index is 1.41. The summed E-state index contributed by atoms with van der Waals surface area (Å²) in [5.41, 5.74) is 0.680. The lowest BCUT2D eigenvalue weighted by Crippen LogP contribution is -2.12. The molecule has 11 heteroatoms. The molecule has 1 heterocycles. The number of rotatable bonds is 9. The highest BCUT2D eigenvalue weighted by atomic mass is 33.7. The van der Waals surface area contributed by atoms with Gasteiger partial charge in [-0.2, -0.15) is 0 Å². The monoisotopic (exact) mass is 608 g/mol. The molecule has 0 bridgehead atoms. The predicted octanol–water partition coefficient (Wildman–Crippen LogP) is 6.91. The molecule has 0 aromatic heterocycles. The molecular formula is C26H26O5P2S4. The summed E-state index contributed by atoms with van der Waals surface area (Å²) in [6.45, 7) is 4.08. The SMILES string of the molecule is CCC(C)CC(=O)Cc1ccc(O)c(C(=O)Oc2ccc(P3(=S)SP(=S)(c4ccc(O)cc4)S3)cc2)c1. The fourth-order valence-electron chi connectivity index (χ4n) is 3.66. The predicted molar refractivity (Wildman–Crippen MR) is 163 cm³/mol. The van der Waals surface area contributed by atoms with Crippen LogP contribution in [0.25, 0.3) is 0 Å². The van der Waals surface area contributed by atoms with Crippen LogP contribution in [0.1, 0.15) is 42.6 Å². The smallest absolute Gasteiger partial charge is 0.347 e. The molecule has 1 aliphatic heterocycles. The van der Waals surface area contributed by atoms with E-state index in [9.17, 15) is 19.8 Å². The molecule has 37 heavy (non-hydrogen) atoms. The lowest BCUT2D eigenvalue weighted by atomic mass is 9.97. The van der Waals surface area contributed by atoms with Gasteiger partial charge in [-0.15, -0.1) is 0 Å². The summed E-state index contributed by atoms with van der Waals surface area (Å²) in [6.07, 6.45) is 1.62. The number of phenols is 2. The molecule has 3 aromatic carbocycles. The number of hydrogen-bond acceptors (Lipinski definition) is 9. The van der Waals surface area contributed by atoms with Gasteiger partial charge >= 0.3 is 5.97 Å². The molecule has 1 saturated heterocycles. The van der Waals surface area contributed by atoms with Crippen molar-refractivity contribution in [3.05, 3.63) is 77.9 Å². The van der Waals surface area contributed by atoms with E-state index < -0.39 is 14.9 Å². The Hall–Kier alpha value is -1.60. The second kappa shape index (κ2) is 11.6. The van der Waals surface area contributed by atoms with Crippen molar-refractivity contribution in [3.63, 3.8) is 0 Å². The van der Waals surface area contributed by atoms with Crippen molar-refractivity contribution in [1.29, 1.82) is 0 Å². The molecule has 0 aliphatic carbocycles. The van der Waals surface area contributed by atoms with Gasteiger partial charge in [0.25, 0.3) is 0 Å². The minimum Gasteiger partial charge on any atom is -0.508 e. The van der Waals surface area contributed by atoms with Gasteiger partial charge in [0.1, 0.15) is 28.6 Å². The van der Waals surface area contributed by atoms with Crippen molar-refractivity contribution in [2.24, 2.45) is 5.92 Å². The molecule has 0 radical (unpaired) electrons. The van der Waals surface area contributed by atoms with E-state index in [-0.39, 0.29) is 29.3 Å². The minimum absolute atomic E-state index is 0.0184.